The molecule has 1 fully saturated rings. The number of amides is 1. The lowest BCUT2D eigenvalue weighted by Crippen LogP contribution is -2.27. The number of carbonyl (C=O) groups excluding carboxylic acids is 1. The highest BCUT2D eigenvalue weighted by Crippen LogP contribution is 2.37. The van der Waals surface area contributed by atoms with Crippen LogP contribution in [0, 0.1) is 5.82 Å². The van der Waals surface area contributed by atoms with Gasteiger partial charge in [0.25, 0.3) is 5.91 Å². The Balaban J connectivity index is 1.65. The van der Waals surface area contributed by atoms with E-state index in [0.29, 0.717) is 16.2 Å². The summed E-state index contributed by atoms with van der Waals surface area (Å²) in [5.74, 6) is -0.726. The van der Waals surface area contributed by atoms with Gasteiger partial charge in [-0.2, -0.15) is 8.42 Å². The highest BCUT2D eigenvalue weighted by atomic mass is 32.2. The van der Waals surface area contributed by atoms with E-state index < -0.39 is 15.9 Å². The first-order valence-corrected chi connectivity index (χ1v) is 11.6. The molecule has 0 atom stereocenters. The van der Waals surface area contributed by atoms with Gasteiger partial charge in [0, 0.05) is 5.56 Å². The molecule has 0 bridgehead atoms. The van der Waals surface area contributed by atoms with E-state index in [1.807, 2.05) is 0 Å². The van der Waals surface area contributed by atoms with Crippen LogP contribution in [0.4, 0.5) is 10.1 Å². The molecule has 3 aromatic rings. The fourth-order valence-electron chi connectivity index (χ4n) is 2.85. The molecular formula is C22H14FNO4S3. The fraction of sp³-hybridized carbons (Fsp3) is 0. The zero-order valence-electron chi connectivity index (χ0n) is 15.8. The number of rotatable bonds is 5. The summed E-state index contributed by atoms with van der Waals surface area (Å²) >= 11 is 6.39. The molecule has 0 unspecified atom stereocenters. The molecule has 0 spiro atoms. The maximum absolute atomic E-state index is 13.2. The largest absolute Gasteiger partial charge is 0.378 e. The number of thiocarbonyl (C=S) groups is 1. The Labute approximate surface area is 188 Å². The van der Waals surface area contributed by atoms with Crippen LogP contribution in [0.1, 0.15) is 5.56 Å². The third-order valence-corrected chi connectivity index (χ3v) is 6.87. The van der Waals surface area contributed by atoms with Gasteiger partial charge in [-0.1, -0.05) is 60.4 Å². The topological polar surface area (TPSA) is 63.7 Å². The van der Waals surface area contributed by atoms with Crippen LogP contribution < -0.4 is 9.08 Å². The summed E-state index contributed by atoms with van der Waals surface area (Å²) in [6.07, 6.45) is 1.53. The molecular weight excluding hydrogens is 457 g/mol. The van der Waals surface area contributed by atoms with Crippen LogP contribution >= 0.6 is 24.0 Å². The first kappa shape index (κ1) is 21.2. The Morgan fingerprint density at radius 2 is 1.58 bits per heavy atom. The van der Waals surface area contributed by atoms with Gasteiger partial charge in [0.1, 0.15) is 16.5 Å². The summed E-state index contributed by atoms with van der Waals surface area (Å²) in [5, 5.41) is 0. The normalized spacial score (nSPS) is 15.5. The first-order valence-electron chi connectivity index (χ1n) is 8.97. The van der Waals surface area contributed by atoms with Crippen molar-refractivity contribution in [3.05, 3.63) is 95.1 Å². The third kappa shape index (κ3) is 4.53. The van der Waals surface area contributed by atoms with Gasteiger partial charge in [0.2, 0.25) is 0 Å². The molecule has 9 heteroatoms. The van der Waals surface area contributed by atoms with Crippen molar-refractivity contribution in [2.24, 2.45) is 0 Å². The van der Waals surface area contributed by atoms with Gasteiger partial charge >= 0.3 is 10.1 Å². The summed E-state index contributed by atoms with van der Waals surface area (Å²) in [4.78, 5) is 14.5. The monoisotopic (exact) mass is 471 g/mol. The molecule has 4 rings (SSSR count). The van der Waals surface area contributed by atoms with Gasteiger partial charge < -0.3 is 4.18 Å². The predicted octanol–water partition coefficient (Wildman–Crippen LogP) is 5.00. The summed E-state index contributed by atoms with van der Waals surface area (Å²) in [5.41, 5.74) is 0.852. The SMILES string of the molecule is O=C1/C(=C/c2ccccc2OS(=O)(=O)c2ccccc2)SC(=S)N1c1ccc(F)cc1. The second-order valence-corrected chi connectivity index (χ2v) is 9.60. The molecule has 0 aromatic heterocycles. The quantitative estimate of drug-likeness (QED) is 0.297. The maximum Gasteiger partial charge on any atom is 0.339 e. The zero-order chi connectivity index (χ0) is 22.0. The molecule has 0 aliphatic carbocycles. The summed E-state index contributed by atoms with van der Waals surface area (Å²) in [7, 11) is -4.04. The third-order valence-electron chi connectivity index (χ3n) is 4.32. The van der Waals surface area contributed by atoms with E-state index in [4.69, 9.17) is 16.4 Å². The van der Waals surface area contributed by atoms with Crippen LogP contribution in [0.25, 0.3) is 6.08 Å². The molecule has 31 heavy (non-hydrogen) atoms. The lowest BCUT2D eigenvalue weighted by Gasteiger charge is -2.14. The zero-order valence-corrected chi connectivity index (χ0v) is 18.2. The molecule has 5 nitrogen and oxygen atoms in total. The van der Waals surface area contributed by atoms with Crippen molar-refractivity contribution in [3.63, 3.8) is 0 Å². The van der Waals surface area contributed by atoms with Gasteiger partial charge in [0.15, 0.2) is 4.32 Å². The Morgan fingerprint density at radius 3 is 2.29 bits per heavy atom. The van der Waals surface area contributed by atoms with E-state index in [2.05, 4.69) is 0 Å². The van der Waals surface area contributed by atoms with E-state index in [-0.39, 0.29) is 20.9 Å². The molecule has 0 radical (unpaired) electrons. The molecule has 1 aliphatic heterocycles. The molecule has 1 aliphatic rings. The highest BCUT2D eigenvalue weighted by Gasteiger charge is 2.33. The summed E-state index contributed by atoms with van der Waals surface area (Å²) in [6, 6.07) is 19.7. The lowest BCUT2D eigenvalue weighted by molar-refractivity contribution is -0.113. The lowest BCUT2D eigenvalue weighted by atomic mass is 10.2. The average molecular weight is 472 g/mol. The average Bonchev–Trinajstić information content (AvgIpc) is 3.04. The van der Waals surface area contributed by atoms with Crippen LogP contribution in [-0.2, 0) is 14.9 Å². The number of anilines is 1. The van der Waals surface area contributed by atoms with E-state index in [0.717, 1.165) is 11.8 Å². The minimum absolute atomic E-state index is 0.0208. The van der Waals surface area contributed by atoms with Crippen LogP contribution in [0.5, 0.6) is 5.75 Å². The van der Waals surface area contributed by atoms with Crippen molar-refractivity contribution in [2.75, 3.05) is 4.90 Å². The Morgan fingerprint density at radius 1 is 0.935 bits per heavy atom. The van der Waals surface area contributed by atoms with Crippen molar-refractivity contribution >= 4 is 56.1 Å². The van der Waals surface area contributed by atoms with Crippen LogP contribution in [0.15, 0.2) is 88.7 Å². The number of nitrogens with zero attached hydrogens (tertiary/aromatic N) is 1. The summed E-state index contributed by atoms with van der Waals surface area (Å²) in [6.45, 7) is 0. The van der Waals surface area contributed by atoms with Gasteiger partial charge in [-0.25, -0.2) is 4.39 Å². The van der Waals surface area contributed by atoms with Gasteiger partial charge in [-0.05, 0) is 48.5 Å². The standard InChI is InChI=1S/C22H14FNO4S3/c23-16-10-12-17(13-11-16)24-21(25)20(30-22(24)29)14-15-6-4-5-9-19(15)28-31(26,27)18-7-2-1-3-8-18/h1-14H/b20-14-. The molecule has 156 valence electrons. The molecule has 1 amide bonds. The molecule has 1 heterocycles. The Kier molecular flexibility index (Phi) is 5.90. The van der Waals surface area contributed by atoms with Crippen LogP contribution in [0.2, 0.25) is 0 Å². The smallest absolute Gasteiger partial charge is 0.339 e. The molecule has 3 aromatic carbocycles. The second kappa shape index (κ2) is 8.62. The summed E-state index contributed by atoms with van der Waals surface area (Å²) < 4.78 is 44.0. The van der Waals surface area contributed by atoms with E-state index in [1.54, 1.807) is 36.4 Å². The Bertz CT molecular complexity index is 1290. The number of halogens is 1. The Hall–Kier alpha value is -3.01. The van der Waals surface area contributed by atoms with Crippen molar-refractivity contribution in [1.29, 1.82) is 0 Å². The van der Waals surface area contributed by atoms with Crippen LogP contribution in [-0.4, -0.2) is 18.6 Å². The number of hydrogen-bond donors (Lipinski definition) is 0. The number of hydrogen-bond acceptors (Lipinski definition) is 6. The minimum atomic E-state index is -4.04. The highest BCUT2D eigenvalue weighted by molar-refractivity contribution is 8.27. The van der Waals surface area contributed by atoms with Crippen molar-refractivity contribution in [2.45, 2.75) is 4.90 Å². The van der Waals surface area contributed by atoms with Gasteiger partial charge in [0.05, 0.1) is 10.6 Å². The van der Waals surface area contributed by atoms with E-state index >= 15 is 0 Å². The van der Waals surface area contributed by atoms with Gasteiger partial charge in [-0.15, -0.1) is 0 Å². The van der Waals surface area contributed by atoms with Crippen molar-refractivity contribution in [1.82, 2.24) is 0 Å². The van der Waals surface area contributed by atoms with E-state index in [9.17, 15) is 17.6 Å². The first-order chi connectivity index (χ1) is 14.8. The fourth-order valence-corrected chi connectivity index (χ4v) is 5.12. The van der Waals surface area contributed by atoms with Crippen molar-refractivity contribution < 1.29 is 21.8 Å². The number of para-hydroxylation sites is 1. The number of benzene rings is 3. The van der Waals surface area contributed by atoms with Crippen LogP contribution in [0.3, 0.4) is 0 Å². The van der Waals surface area contributed by atoms with Crippen molar-refractivity contribution in [3.8, 4) is 5.75 Å². The maximum atomic E-state index is 13.2. The molecule has 0 saturated carbocycles. The number of carbonyl (C=O) groups is 1. The minimum Gasteiger partial charge on any atom is -0.378 e. The van der Waals surface area contributed by atoms with E-state index in [1.165, 1.54) is 53.4 Å². The molecule has 0 N–H and O–H groups in total. The predicted molar refractivity (Wildman–Crippen MR) is 123 cm³/mol. The molecule has 1 saturated heterocycles. The second-order valence-electron chi connectivity index (χ2n) is 6.38. The van der Waals surface area contributed by atoms with Gasteiger partial charge in [-0.3, -0.25) is 9.69 Å². The number of thioether (sulfide) groups is 1.